The number of aliphatic hydroxyl groups is 1. The zero-order valence-electron chi connectivity index (χ0n) is 31.1. The molecule has 0 aliphatic carbocycles. The quantitative estimate of drug-likeness (QED) is 0.151. The first-order valence-corrected chi connectivity index (χ1v) is 20.1. The van der Waals surface area contributed by atoms with Gasteiger partial charge in [0.05, 0.1) is 25.3 Å². The molecule has 288 valence electrons. The van der Waals surface area contributed by atoms with E-state index in [0.717, 1.165) is 11.1 Å². The Morgan fingerprint density at radius 3 is 2.63 bits per heavy atom. The molecule has 4 bridgehead atoms. The number of nitrogens with one attached hydrogen (secondary N) is 1. The summed E-state index contributed by atoms with van der Waals surface area (Å²) in [5.74, 6) is -0.916. The zero-order chi connectivity index (χ0) is 38.5. The largest absolute Gasteiger partial charge is 0.495 e. The molecule has 1 aromatic carbocycles. The summed E-state index contributed by atoms with van der Waals surface area (Å²) in [6.45, 7) is 7.02. The number of carbonyl (C=O) groups excluding carboxylic acids is 4. The van der Waals surface area contributed by atoms with E-state index in [1.165, 1.54) is 31.1 Å². The molecule has 1 aromatic rings. The number of anilines is 1. The summed E-state index contributed by atoms with van der Waals surface area (Å²) in [7, 11) is 9.14. The summed E-state index contributed by atoms with van der Waals surface area (Å²) in [5.41, 5.74) is -0.884. The predicted octanol–water partition coefficient (Wildman–Crippen LogP) is 4.92. The van der Waals surface area contributed by atoms with Crippen molar-refractivity contribution in [2.75, 3.05) is 45.2 Å². The van der Waals surface area contributed by atoms with Gasteiger partial charge >= 0.3 is 12.1 Å². The molecule has 1 unspecified atom stereocenters. The van der Waals surface area contributed by atoms with Gasteiger partial charge in [-0.15, -0.1) is 0 Å². The number of fused-ring (bicyclic) bond motifs is 5. The lowest BCUT2D eigenvalue weighted by Gasteiger charge is -2.42. The molecule has 2 fully saturated rings. The van der Waals surface area contributed by atoms with Crippen molar-refractivity contribution in [3.63, 3.8) is 0 Å². The van der Waals surface area contributed by atoms with Crippen LogP contribution in [0.3, 0.4) is 0 Å². The number of hydrogen-bond donors (Lipinski definition) is 2. The van der Waals surface area contributed by atoms with Crippen molar-refractivity contribution >= 4 is 62.8 Å². The minimum Gasteiger partial charge on any atom is -0.495 e. The third-order valence-electron chi connectivity index (χ3n) is 10.0. The van der Waals surface area contributed by atoms with Crippen LogP contribution in [0.5, 0.6) is 5.75 Å². The number of amides is 3. The molecule has 0 saturated carbocycles. The number of hydrogen-bond acceptors (Lipinski definition) is 12. The van der Waals surface area contributed by atoms with Crippen LogP contribution in [0.15, 0.2) is 35.9 Å². The molecule has 2 N–H and O–H groups in total. The maximum atomic E-state index is 14.1. The number of nitrogens with zero attached hydrogens (tertiary/aromatic N) is 2. The molecule has 0 radical (unpaired) electrons. The van der Waals surface area contributed by atoms with Gasteiger partial charge in [0, 0.05) is 45.7 Å². The number of alkyl carbamates (subject to hydrolysis) is 1. The SMILES string of the molecule is COc1cc2cc(c1Cl)N(C)C(=O)CC(OC(=O)[C@H](C)N(C)C(=O)CCSSC)[C@]1(C)O[C@H]1[C@H](C)[C@@H]1C[C@@](O)(NC(=O)O1)[C@H](OC)/C=C\C=C(\C)C2. The Morgan fingerprint density at radius 2 is 1.98 bits per heavy atom. The molecule has 13 nitrogen and oxygen atoms in total. The number of epoxide rings is 1. The summed E-state index contributed by atoms with van der Waals surface area (Å²) in [6, 6.07) is 2.63. The fourth-order valence-corrected chi connectivity index (χ4v) is 8.09. The Hall–Kier alpha value is -2.95. The van der Waals surface area contributed by atoms with E-state index < -0.39 is 65.7 Å². The summed E-state index contributed by atoms with van der Waals surface area (Å²) >= 11 is 6.75. The van der Waals surface area contributed by atoms with Crippen LogP contribution in [0.25, 0.3) is 0 Å². The molecule has 0 spiro atoms. The maximum Gasteiger partial charge on any atom is 0.409 e. The van der Waals surface area contributed by atoms with Gasteiger partial charge < -0.3 is 38.6 Å². The summed E-state index contributed by atoms with van der Waals surface area (Å²) in [5, 5.41) is 14.5. The van der Waals surface area contributed by atoms with E-state index in [4.69, 9.17) is 35.3 Å². The van der Waals surface area contributed by atoms with E-state index >= 15 is 0 Å². The number of carbonyl (C=O) groups is 4. The smallest absolute Gasteiger partial charge is 0.409 e. The summed E-state index contributed by atoms with van der Waals surface area (Å²) in [6.07, 6.45) is 3.17. The first kappa shape index (κ1) is 41.8. The van der Waals surface area contributed by atoms with Gasteiger partial charge in [-0.1, -0.05) is 63.9 Å². The molecular weight excluding hydrogens is 734 g/mol. The molecule has 3 amide bonds. The highest BCUT2D eigenvalue weighted by molar-refractivity contribution is 8.76. The number of likely N-dealkylation sites (N-methyl/N-ethyl adjacent to an activating group) is 1. The fraction of sp³-hybridized carbons (Fsp3) is 0.611. The highest BCUT2D eigenvalue weighted by atomic mass is 35.5. The molecule has 3 heterocycles. The fourth-order valence-electron chi connectivity index (χ4n) is 6.61. The second-order valence-electron chi connectivity index (χ2n) is 13.6. The van der Waals surface area contributed by atoms with Crippen LogP contribution in [-0.4, -0.2) is 116 Å². The third kappa shape index (κ3) is 9.40. The normalized spacial score (nSPS) is 31.6. The predicted molar refractivity (Wildman–Crippen MR) is 202 cm³/mol. The van der Waals surface area contributed by atoms with Crippen LogP contribution in [0.2, 0.25) is 5.02 Å². The first-order chi connectivity index (χ1) is 24.5. The van der Waals surface area contributed by atoms with Crippen LogP contribution in [-0.2, 0) is 39.8 Å². The highest BCUT2D eigenvalue weighted by Crippen LogP contribution is 2.49. The third-order valence-corrected chi connectivity index (χ3v) is 12.2. The molecule has 0 aromatic heterocycles. The monoisotopic (exact) mass is 783 g/mol. The van der Waals surface area contributed by atoms with Gasteiger partial charge in [0.1, 0.15) is 40.7 Å². The average molecular weight is 784 g/mol. The van der Waals surface area contributed by atoms with Crippen molar-refractivity contribution in [1.82, 2.24) is 10.2 Å². The lowest BCUT2D eigenvalue weighted by molar-refractivity contribution is -0.161. The molecule has 52 heavy (non-hydrogen) atoms. The van der Waals surface area contributed by atoms with Crippen LogP contribution >= 0.6 is 33.2 Å². The van der Waals surface area contributed by atoms with Crippen molar-refractivity contribution < 1.29 is 48.0 Å². The van der Waals surface area contributed by atoms with Gasteiger partial charge in [-0.05, 0) is 51.1 Å². The molecule has 4 rings (SSSR count). The Labute approximate surface area is 318 Å². The Balaban J connectivity index is 1.74. The van der Waals surface area contributed by atoms with Crippen LogP contribution in [0.4, 0.5) is 10.5 Å². The van der Waals surface area contributed by atoms with Gasteiger partial charge in [-0.3, -0.25) is 14.9 Å². The van der Waals surface area contributed by atoms with Crippen molar-refractivity contribution in [2.45, 2.75) is 95.2 Å². The van der Waals surface area contributed by atoms with E-state index in [-0.39, 0.29) is 30.2 Å². The second kappa shape index (κ2) is 17.5. The summed E-state index contributed by atoms with van der Waals surface area (Å²) < 4.78 is 29.2. The average Bonchev–Trinajstić information content (AvgIpc) is 3.80. The minimum absolute atomic E-state index is 0.0452. The number of esters is 1. The second-order valence-corrected chi connectivity index (χ2v) is 16.7. The molecule has 8 atom stereocenters. The van der Waals surface area contributed by atoms with Crippen LogP contribution < -0.4 is 15.0 Å². The standard InChI is InChI=1S/C36H50ClN3O10S2/c1-20-11-10-12-27(47-8)36(45)19-26(48-34(44)38-36)21(2)32-35(4,50-32)28(49-33(43)22(3)39(5)29(41)13-14-52-51-9)18-30(42)40(6)24-16-23(15-20)17-25(46-7)31(24)37/h10-12,16-17,21-22,26-28,32,45H,13-15,18-19H2,1-9H3,(H,38,44)/b12-10-,20-11-/t21-,22+,26+,27-,28?,32+,35+,36+/m1/s1. The molecular formula is C36H50ClN3O10S2. The van der Waals surface area contributed by atoms with Crippen LogP contribution in [0, 0.1) is 5.92 Å². The number of methoxy groups -OCH3 is 2. The topological polar surface area (TPSA) is 156 Å². The molecule has 2 saturated heterocycles. The molecule has 3 aliphatic heterocycles. The maximum absolute atomic E-state index is 14.1. The highest BCUT2D eigenvalue weighted by Gasteiger charge is 2.64. The Morgan fingerprint density at radius 1 is 1.27 bits per heavy atom. The molecule has 16 heteroatoms. The van der Waals surface area contributed by atoms with Gasteiger partial charge in [-0.2, -0.15) is 0 Å². The first-order valence-electron chi connectivity index (χ1n) is 17.0. The molecule has 3 aliphatic rings. The van der Waals surface area contributed by atoms with Crippen molar-refractivity contribution in [3.8, 4) is 5.75 Å². The van der Waals surface area contributed by atoms with Crippen LogP contribution in [0.1, 0.15) is 52.5 Å². The number of halogens is 1. The lowest BCUT2D eigenvalue weighted by atomic mass is 9.83. The number of allylic oxidation sites excluding steroid dienone is 3. The number of benzene rings is 1. The van der Waals surface area contributed by atoms with Gasteiger partial charge in [0.2, 0.25) is 11.8 Å². The van der Waals surface area contributed by atoms with E-state index in [9.17, 15) is 24.3 Å². The van der Waals surface area contributed by atoms with Gasteiger partial charge in [0.15, 0.2) is 5.72 Å². The number of ether oxygens (including phenoxy) is 5. The van der Waals surface area contributed by atoms with Gasteiger partial charge in [0.25, 0.3) is 0 Å². The number of rotatable bonds is 9. The zero-order valence-corrected chi connectivity index (χ0v) is 33.5. The summed E-state index contributed by atoms with van der Waals surface area (Å²) in [4.78, 5) is 56.2. The van der Waals surface area contributed by atoms with E-state index in [0.29, 0.717) is 23.6 Å². The van der Waals surface area contributed by atoms with Crippen molar-refractivity contribution in [2.24, 2.45) is 5.92 Å². The van der Waals surface area contributed by atoms with E-state index in [2.05, 4.69) is 5.32 Å². The lowest BCUT2D eigenvalue weighted by Crippen LogP contribution is -2.63. The minimum atomic E-state index is -1.82. The van der Waals surface area contributed by atoms with Crippen molar-refractivity contribution in [3.05, 3.63) is 46.5 Å². The van der Waals surface area contributed by atoms with E-state index in [1.54, 1.807) is 73.7 Å². The van der Waals surface area contributed by atoms with E-state index in [1.807, 2.05) is 19.3 Å². The Kier molecular flexibility index (Phi) is 14.0. The van der Waals surface area contributed by atoms with Gasteiger partial charge in [-0.25, -0.2) is 9.59 Å². The van der Waals surface area contributed by atoms with Crippen molar-refractivity contribution in [1.29, 1.82) is 0 Å². The Bertz CT molecular complexity index is 1580.